The number of amides is 1. The number of hydrogen-bond donors (Lipinski definition) is 1. The summed E-state index contributed by atoms with van der Waals surface area (Å²) in [5, 5.41) is 7.24. The molecule has 2 aromatic heterocycles. The van der Waals surface area contributed by atoms with Crippen molar-refractivity contribution in [3.8, 4) is 0 Å². The number of fused-ring (bicyclic) bond motifs is 1. The highest BCUT2D eigenvalue weighted by molar-refractivity contribution is 5.91. The number of rotatable bonds is 5. The zero-order chi connectivity index (χ0) is 20.5. The number of benzene rings is 1. The summed E-state index contributed by atoms with van der Waals surface area (Å²) in [6, 6.07) is 10.6. The van der Waals surface area contributed by atoms with Crippen molar-refractivity contribution < 1.29 is 4.79 Å². The summed E-state index contributed by atoms with van der Waals surface area (Å²) < 4.78 is 4.13. The van der Waals surface area contributed by atoms with Crippen LogP contribution in [0.3, 0.4) is 0 Å². The van der Waals surface area contributed by atoms with Gasteiger partial charge in [0.25, 0.3) is 0 Å². The number of piperidine rings is 1. The van der Waals surface area contributed by atoms with Crippen molar-refractivity contribution in [2.45, 2.75) is 45.6 Å². The highest BCUT2D eigenvalue weighted by atomic mass is 16.2. The lowest BCUT2D eigenvalue weighted by Crippen LogP contribution is -2.40. The number of likely N-dealkylation sites (tertiary alicyclic amines) is 1. The molecule has 7 nitrogen and oxygen atoms in total. The van der Waals surface area contributed by atoms with Gasteiger partial charge in [0, 0.05) is 37.3 Å². The van der Waals surface area contributed by atoms with Gasteiger partial charge in [-0.3, -0.25) is 14.4 Å². The van der Waals surface area contributed by atoms with E-state index in [4.69, 9.17) is 4.98 Å². The quantitative estimate of drug-likeness (QED) is 0.719. The maximum atomic E-state index is 12.5. The van der Waals surface area contributed by atoms with Crippen LogP contribution in [0.2, 0.25) is 0 Å². The molecule has 1 aliphatic heterocycles. The average Bonchev–Trinajstić information content (AvgIpc) is 3.21. The Balaban J connectivity index is 1.48. The van der Waals surface area contributed by atoms with Crippen LogP contribution >= 0.6 is 0 Å². The summed E-state index contributed by atoms with van der Waals surface area (Å²) in [5.74, 6) is 2.08. The molecule has 154 valence electrons. The first-order valence-corrected chi connectivity index (χ1v) is 10.4. The van der Waals surface area contributed by atoms with Crippen molar-refractivity contribution in [2.24, 2.45) is 7.05 Å². The Labute approximate surface area is 171 Å². The second-order valence-corrected chi connectivity index (χ2v) is 8.34. The molecule has 1 aromatic carbocycles. The fraction of sp³-hybridized carbons (Fsp3) is 0.500. The first kappa shape index (κ1) is 19.6. The molecule has 1 aliphatic rings. The molecular formula is C22H30N6O. The number of aromatic nitrogens is 4. The summed E-state index contributed by atoms with van der Waals surface area (Å²) in [6.07, 6.45) is 2.18. The fourth-order valence-corrected chi connectivity index (χ4v) is 4.31. The number of imidazole rings is 1. The maximum absolute atomic E-state index is 12.5. The number of aryl methyl sites for hydroxylation is 2. The summed E-state index contributed by atoms with van der Waals surface area (Å²) in [4.78, 5) is 19.8. The van der Waals surface area contributed by atoms with Gasteiger partial charge in [0.15, 0.2) is 5.82 Å². The second kappa shape index (κ2) is 7.99. The molecule has 0 unspecified atom stereocenters. The van der Waals surface area contributed by atoms with E-state index in [1.807, 2.05) is 26.1 Å². The molecule has 0 bridgehead atoms. The summed E-state index contributed by atoms with van der Waals surface area (Å²) in [6.45, 7) is 8.56. The van der Waals surface area contributed by atoms with Gasteiger partial charge in [0.1, 0.15) is 5.82 Å². The molecule has 4 rings (SSSR count). The molecule has 0 radical (unpaired) electrons. The van der Waals surface area contributed by atoms with E-state index in [1.165, 1.54) is 5.52 Å². The van der Waals surface area contributed by atoms with Gasteiger partial charge in [0.2, 0.25) is 5.91 Å². The van der Waals surface area contributed by atoms with Crippen molar-refractivity contribution in [3.05, 3.63) is 41.9 Å². The zero-order valence-corrected chi connectivity index (χ0v) is 17.7. The third-order valence-electron chi connectivity index (χ3n) is 5.76. The highest BCUT2D eigenvalue weighted by Gasteiger charge is 2.28. The minimum atomic E-state index is -0.0129. The molecule has 7 heteroatoms. The van der Waals surface area contributed by atoms with Crippen LogP contribution in [-0.4, -0.2) is 49.8 Å². The van der Waals surface area contributed by atoms with Crippen LogP contribution in [0.5, 0.6) is 0 Å². The van der Waals surface area contributed by atoms with Crippen LogP contribution in [0.4, 0.5) is 5.82 Å². The lowest BCUT2D eigenvalue weighted by atomic mass is 9.97. The van der Waals surface area contributed by atoms with Gasteiger partial charge in [-0.05, 0) is 52.3 Å². The first-order chi connectivity index (χ1) is 13.9. The number of hydrogen-bond acceptors (Lipinski definition) is 4. The molecule has 29 heavy (non-hydrogen) atoms. The Morgan fingerprint density at radius 2 is 2.10 bits per heavy atom. The van der Waals surface area contributed by atoms with Gasteiger partial charge in [0.05, 0.1) is 17.6 Å². The predicted octanol–water partition coefficient (Wildman–Crippen LogP) is 3.48. The number of nitrogens with zero attached hydrogens (tertiary/aromatic N) is 5. The third-order valence-corrected chi connectivity index (χ3v) is 5.76. The minimum absolute atomic E-state index is 0.0129. The van der Waals surface area contributed by atoms with Crippen molar-refractivity contribution in [3.63, 3.8) is 0 Å². The van der Waals surface area contributed by atoms with Gasteiger partial charge in [-0.25, -0.2) is 4.98 Å². The van der Waals surface area contributed by atoms with Crippen LogP contribution in [-0.2, 0) is 11.8 Å². The lowest BCUT2D eigenvalue weighted by molar-refractivity contribution is -0.117. The normalized spacial score (nSPS) is 17.9. The number of para-hydroxylation sites is 2. The van der Waals surface area contributed by atoms with E-state index in [2.05, 4.69) is 51.9 Å². The van der Waals surface area contributed by atoms with Gasteiger partial charge < -0.3 is 9.88 Å². The van der Waals surface area contributed by atoms with Gasteiger partial charge in [-0.2, -0.15) is 5.10 Å². The van der Waals surface area contributed by atoms with Crippen LogP contribution < -0.4 is 5.32 Å². The minimum Gasteiger partial charge on any atom is -0.325 e. The molecule has 1 fully saturated rings. The van der Waals surface area contributed by atoms with Crippen LogP contribution in [0.15, 0.2) is 30.3 Å². The molecule has 1 amide bonds. The van der Waals surface area contributed by atoms with Crippen molar-refractivity contribution in [1.82, 2.24) is 24.2 Å². The van der Waals surface area contributed by atoms with Crippen LogP contribution in [0.25, 0.3) is 11.0 Å². The van der Waals surface area contributed by atoms with E-state index < -0.39 is 0 Å². The fourth-order valence-electron chi connectivity index (χ4n) is 4.31. The summed E-state index contributed by atoms with van der Waals surface area (Å²) in [7, 11) is 1.88. The number of carbonyl (C=O) groups excluding carboxylic acids is 1. The largest absolute Gasteiger partial charge is 0.325 e. The Hall–Kier alpha value is -2.67. The summed E-state index contributed by atoms with van der Waals surface area (Å²) in [5.41, 5.74) is 3.26. The van der Waals surface area contributed by atoms with E-state index in [-0.39, 0.29) is 5.91 Å². The molecule has 0 saturated carbocycles. The molecule has 0 spiro atoms. The molecule has 1 N–H and O–H groups in total. The summed E-state index contributed by atoms with van der Waals surface area (Å²) >= 11 is 0. The monoisotopic (exact) mass is 394 g/mol. The van der Waals surface area contributed by atoms with E-state index in [0.29, 0.717) is 24.3 Å². The second-order valence-electron chi connectivity index (χ2n) is 8.34. The van der Waals surface area contributed by atoms with Gasteiger partial charge >= 0.3 is 0 Å². The third kappa shape index (κ3) is 4.05. The van der Waals surface area contributed by atoms with Crippen LogP contribution in [0, 0.1) is 6.92 Å². The standard InChI is InChI=1S/C22H30N6O/c1-15(2)28-19-10-6-5-9-18(19)23-22(28)17-8-7-11-27(13-17)14-21(29)24-20-12-16(3)26(4)25-20/h5-6,9-10,12,15,17H,7-8,11,13-14H2,1-4H3,(H,24,25,29)/t17-/m1/s1. The van der Waals surface area contributed by atoms with Crippen LogP contribution in [0.1, 0.15) is 50.2 Å². The molecule has 0 aliphatic carbocycles. The molecular weight excluding hydrogens is 364 g/mol. The zero-order valence-electron chi connectivity index (χ0n) is 17.7. The molecule has 3 heterocycles. The molecule has 1 atom stereocenters. The SMILES string of the molecule is Cc1cc(NC(=O)CN2CCC[C@@H](c3nc4ccccc4n3C(C)C)C2)nn1C. The number of anilines is 1. The van der Waals surface area contributed by atoms with Gasteiger partial charge in [-0.1, -0.05) is 12.1 Å². The van der Waals surface area contributed by atoms with Crippen molar-refractivity contribution in [2.75, 3.05) is 25.0 Å². The Morgan fingerprint density at radius 1 is 1.31 bits per heavy atom. The van der Waals surface area contributed by atoms with E-state index >= 15 is 0 Å². The van der Waals surface area contributed by atoms with E-state index in [1.54, 1.807) is 4.68 Å². The van der Waals surface area contributed by atoms with E-state index in [9.17, 15) is 4.79 Å². The average molecular weight is 395 g/mol. The maximum Gasteiger partial charge on any atom is 0.239 e. The van der Waals surface area contributed by atoms with E-state index in [0.717, 1.165) is 43.0 Å². The number of nitrogens with one attached hydrogen (secondary N) is 1. The van der Waals surface area contributed by atoms with Gasteiger partial charge in [-0.15, -0.1) is 0 Å². The lowest BCUT2D eigenvalue weighted by Gasteiger charge is -2.32. The molecule has 3 aromatic rings. The van der Waals surface area contributed by atoms with Crippen molar-refractivity contribution >= 4 is 22.8 Å². The van der Waals surface area contributed by atoms with Crippen molar-refractivity contribution in [1.29, 1.82) is 0 Å². The smallest absolute Gasteiger partial charge is 0.239 e. The topological polar surface area (TPSA) is 68.0 Å². The first-order valence-electron chi connectivity index (χ1n) is 10.4. The Morgan fingerprint density at radius 3 is 2.83 bits per heavy atom. The molecule has 1 saturated heterocycles. The highest BCUT2D eigenvalue weighted by Crippen LogP contribution is 2.31. The number of carbonyl (C=O) groups is 1. The Kier molecular flexibility index (Phi) is 5.41. The Bertz CT molecular complexity index is 998. The predicted molar refractivity (Wildman–Crippen MR) is 115 cm³/mol.